The van der Waals surface area contributed by atoms with Gasteiger partial charge in [-0.3, -0.25) is 4.72 Å². The summed E-state index contributed by atoms with van der Waals surface area (Å²) in [5.41, 5.74) is 1.28. The van der Waals surface area contributed by atoms with Gasteiger partial charge in [-0.25, -0.2) is 17.8 Å². The lowest BCUT2D eigenvalue weighted by Crippen LogP contribution is -2.12. The molecule has 118 valence electrons. The molecule has 0 atom stereocenters. The predicted octanol–water partition coefficient (Wildman–Crippen LogP) is 4.40. The fourth-order valence-corrected chi connectivity index (χ4v) is 3.96. The maximum Gasteiger partial charge on any atom is 0.263 e. The van der Waals surface area contributed by atoms with Crippen LogP contribution in [0.4, 0.5) is 9.52 Å². The van der Waals surface area contributed by atoms with Crippen molar-refractivity contribution in [1.82, 2.24) is 4.98 Å². The zero-order chi connectivity index (χ0) is 16.4. The molecule has 3 aromatic rings. The molecule has 0 saturated carbocycles. The molecular formula is C15H10ClFN2O2S2. The first-order valence-electron chi connectivity index (χ1n) is 6.44. The maximum absolute atomic E-state index is 12.9. The number of benzene rings is 2. The van der Waals surface area contributed by atoms with Gasteiger partial charge in [-0.05, 0) is 48.5 Å². The van der Waals surface area contributed by atoms with Crippen molar-refractivity contribution in [2.75, 3.05) is 4.72 Å². The van der Waals surface area contributed by atoms with E-state index in [1.807, 2.05) is 0 Å². The topological polar surface area (TPSA) is 59.1 Å². The second-order valence-corrected chi connectivity index (χ2v) is 7.58. The lowest BCUT2D eigenvalue weighted by molar-refractivity contribution is 0.601. The van der Waals surface area contributed by atoms with Crippen LogP contribution in [-0.2, 0) is 10.0 Å². The molecule has 0 amide bonds. The summed E-state index contributed by atoms with van der Waals surface area (Å²) in [7, 11) is -3.73. The highest BCUT2D eigenvalue weighted by Gasteiger charge is 2.16. The molecule has 0 unspecified atom stereocenters. The molecule has 3 rings (SSSR count). The van der Waals surface area contributed by atoms with E-state index in [1.165, 1.54) is 36.4 Å². The predicted molar refractivity (Wildman–Crippen MR) is 89.8 cm³/mol. The number of sulfonamides is 1. The van der Waals surface area contributed by atoms with E-state index >= 15 is 0 Å². The first-order valence-corrected chi connectivity index (χ1v) is 9.18. The van der Waals surface area contributed by atoms with Crippen LogP contribution < -0.4 is 4.72 Å². The fraction of sp³-hybridized carbons (Fsp3) is 0. The van der Waals surface area contributed by atoms with E-state index in [4.69, 9.17) is 11.6 Å². The van der Waals surface area contributed by atoms with Gasteiger partial charge in [0.2, 0.25) is 0 Å². The molecule has 0 radical (unpaired) electrons. The summed E-state index contributed by atoms with van der Waals surface area (Å²) < 4.78 is 39.9. The summed E-state index contributed by atoms with van der Waals surface area (Å²) in [5, 5.41) is 2.39. The van der Waals surface area contributed by atoms with Crippen molar-refractivity contribution in [2.24, 2.45) is 0 Å². The van der Waals surface area contributed by atoms with Gasteiger partial charge in [0.25, 0.3) is 10.0 Å². The van der Waals surface area contributed by atoms with Gasteiger partial charge in [0.15, 0.2) is 5.13 Å². The van der Waals surface area contributed by atoms with E-state index in [2.05, 4.69) is 9.71 Å². The lowest BCUT2D eigenvalue weighted by atomic mass is 10.2. The Kier molecular flexibility index (Phi) is 4.34. The van der Waals surface area contributed by atoms with Gasteiger partial charge in [-0.1, -0.05) is 11.6 Å². The third kappa shape index (κ3) is 3.69. The van der Waals surface area contributed by atoms with Gasteiger partial charge in [0.05, 0.1) is 10.6 Å². The average molecular weight is 369 g/mol. The number of nitrogens with zero attached hydrogens (tertiary/aromatic N) is 1. The van der Waals surface area contributed by atoms with Crippen molar-refractivity contribution >= 4 is 38.1 Å². The molecular weight excluding hydrogens is 359 g/mol. The van der Waals surface area contributed by atoms with Crippen LogP contribution in [0.5, 0.6) is 0 Å². The second-order valence-electron chi connectivity index (χ2n) is 4.60. The van der Waals surface area contributed by atoms with E-state index < -0.39 is 10.0 Å². The van der Waals surface area contributed by atoms with Crippen molar-refractivity contribution in [3.05, 3.63) is 64.8 Å². The Morgan fingerprint density at radius 1 is 1.04 bits per heavy atom. The van der Waals surface area contributed by atoms with Crippen molar-refractivity contribution in [3.63, 3.8) is 0 Å². The Labute approximate surface area is 141 Å². The highest BCUT2D eigenvalue weighted by Crippen LogP contribution is 2.27. The SMILES string of the molecule is O=S(=O)(Nc1nc(-c2ccc(F)cc2)cs1)c1ccc(Cl)cc1. The van der Waals surface area contributed by atoms with Gasteiger partial charge in [-0.2, -0.15) is 0 Å². The molecule has 0 spiro atoms. The number of thiazole rings is 1. The molecule has 8 heteroatoms. The minimum atomic E-state index is -3.73. The molecule has 0 aliphatic rings. The summed E-state index contributed by atoms with van der Waals surface area (Å²) >= 11 is 6.90. The normalized spacial score (nSPS) is 11.4. The smallest absolute Gasteiger partial charge is 0.255 e. The van der Waals surface area contributed by atoms with Crippen molar-refractivity contribution in [2.45, 2.75) is 4.90 Å². The van der Waals surface area contributed by atoms with Crippen LogP contribution in [-0.4, -0.2) is 13.4 Å². The lowest BCUT2D eigenvalue weighted by Gasteiger charge is -2.04. The molecule has 23 heavy (non-hydrogen) atoms. The van der Waals surface area contributed by atoms with Gasteiger partial charge in [0.1, 0.15) is 5.82 Å². The molecule has 1 N–H and O–H groups in total. The van der Waals surface area contributed by atoms with Crippen LogP contribution in [0, 0.1) is 5.82 Å². The van der Waals surface area contributed by atoms with E-state index in [0.29, 0.717) is 16.3 Å². The Balaban J connectivity index is 1.83. The monoisotopic (exact) mass is 368 g/mol. The van der Waals surface area contributed by atoms with Crippen molar-refractivity contribution in [3.8, 4) is 11.3 Å². The van der Waals surface area contributed by atoms with E-state index in [0.717, 1.165) is 11.3 Å². The largest absolute Gasteiger partial charge is 0.263 e. The fourth-order valence-electron chi connectivity index (χ4n) is 1.86. The highest BCUT2D eigenvalue weighted by atomic mass is 35.5. The Morgan fingerprint density at radius 3 is 2.35 bits per heavy atom. The zero-order valence-electron chi connectivity index (χ0n) is 11.5. The first kappa shape index (κ1) is 15.9. The van der Waals surface area contributed by atoms with Crippen LogP contribution in [0.25, 0.3) is 11.3 Å². The van der Waals surface area contributed by atoms with Crippen LogP contribution in [0.15, 0.2) is 58.8 Å². The van der Waals surface area contributed by atoms with Gasteiger partial charge >= 0.3 is 0 Å². The average Bonchev–Trinajstić information content (AvgIpc) is 2.96. The summed E-state index contributed by atoms with van der Waals surface area (Å²) in [6.45, 7) is 0. The highest BCUT2D eigenvalue weighted by molar-refractivity contribution is 7.93. The number of anilines is 1. The first-order chi connectivity index (χ1) is 10.9. The molecule has 0 saturated heterocycles. The van der Waals surface area contributed by atoms with E-state index in [-0.39, 0.29) is 15.8 Å². The third-order valence-corrected chi connectivity index (χ3v) is 5.48. The van der Waals surface area contributed by atoms with Gasteiger partial charge in [-0.15, -0.1) is 11.3 Å². The summed E-state index contributed by atoms with van der Waals surface area (Å²) in [6.07, 6.45) is 0. The quantitative estimate of drug-likeness (QED) is 0.742. The minimum Gasteiger partial charge on any atom is -0.255 e. The Hall–Kier alpha value is -1.96. The molecule has 2 aromatic carbocycles. The van der Waals surface area contributed by atoms with Crippen LogP contribution in [0.3, 0.4) is 0 Å². The standard InChI is InChI=1S/C15H10ClFN2O2S2/c16-11-3-7-13(8-4-11)23(20,21)19-15-18-14(9-22-15)10-1-5-12(17)6-2-10/h1-9H,(H,18,19). The number of halogens is 2. The van der Waals surface area contributed by atoms with Crippen LogP contribution in [0.2, 0.25) is 5.02 Å². The van der Waals surface area contributed by atoms with Crippen molar-refractivity contribution < 1.29 is 12.8 Å². The van der Waals surface area contributed by atoms with E-state index in [1.54, 1.807) is 17.5 Å². The molecule has 1 aromatic heterocycles. The molecule has 0 aliphatic carbocycles. The second kappa shape index (κ2) is 6.27. The molecule has 0 bridgehead atoms. The van der Waals surface area contributed by atoms with Gasteiger partial charge in [0, 0.05) is 16.0 Å². The number of rotatable bonds is 4. The molecule has 0 fully saturated rings. The maximum atomic E-state index is 12.9. The number of hydrogen-bond donors (Lipinski definition) is 1. The molecule has 1 heterocycles. The van der Waals surface area contributed by atoms with Crippen LogP contribution >= 0.6 is 22.9 Å². The summed E-state index contributed by atoms with van der Waals surface area (Å²) in [4.78, 5) is 4.32. The Bertz CT molecular complexity index is 923. The molecule has 0 aliphatic heterocycles. The summed E-state index contributed by atoms with van der Waals surface area (Å²) in [5.74, 6) is -0.340. The van der Waals surface area contributed by atoms with Crippen molar-refractivity contribution in [1.29, 1.82) is 0 Å². The number of nitrogens with one attached hydrogen (secondary N) is 1. The number of hydrogen-bond acceptors (Lipinski definition) is 4. The van der Waals surface area contributed by atoms with Gasteiger partial charge < -0.3 is 0 Å². The number of aromatic nitrogens is 1. The van der Waals surface area contributed by atoms with E-state index in [9.17, 15) is 12.8 Å². The minimum absolute atomic E-state index is 0.0976. The Morgan fingerprint density at radius 2 is 1.70 bits per heavy atom. The zero-order valence-corrected chi connectivity index (χ0v) is 13.9. The molecule has 4 nitrogen and oxygen atoms in total. The van der Waals surface area contributed by atoms with Crippen LogP contribution in [0.1, 0.15) is 0 Å². The summed E-state index contributed by atoms with van der Waals surface area (Å²) in [6, 6.07) is 11.7. The third-order valence-electron chi connectivity index (χ3n) is 2.99.